The molecule has 19 heavy (non-hydrogen) atoms. The van der Waals surface area contributed by atoms with Crippen LogP contribution in [0.1, 0.15) is 29.4 Å². The van der Waals surface area contributed by atoms with Crippen LogP contribution in [0.15, 0.2) is 42.5 Å². The molecule has 0 saturated heterocycles. The number of carbonyl (C=O) groups excluding carboxylic acids is 1. The molecule has 0 fully saturated rings. The van der Waals surface area contributed by atoms with Crippen LogP contribution >= 0.6 is 11.6 Å². The van der Waals surface area contributed by atoms with Gasteiger partial charge in [0, 0.05) is 16.9 Å². The first-order valence-corrected chi connectivity index (χ1v) is 6.59. The summed E-state index contributed by atoms with van der Waals surface area (Å²) >= 11 is 5.94. The third kappa shape index (κ3) is 3.80. The lowest BCUT2D eigenvalue weighted by Crippen LogP contribution is -2.12. The molecule has 0 spiro atoms. The quantitative estimate of drug-likeness (QED) is 0.858. The van der Waals surface area contributed by atoms with E-state index in [0.29, 0.717) is 10.7 Å². The summed E-state index contributed by atoms with van der Waals surface area (Å²) in [5.41, 5.74) is 2.14. The third-order valence-electron chi connectivity index (χ3n) is 2.65. The van der Waals surface area contributed by atoms with E-state index >= 15 is 0 Å². The van der Waals surface area contributed by atoms with Gasteiger partial charge in [0.1, 0.15) is 5.15 Å². The maximum atomic E-state index is 12.1. The molecule has 1 aromatic carbocycles. The van der Waals surface area contributed by atoms with Crippen molar-refractivity contribution < 1.29 is 4.79 Å². The van der Waals surface area contributed by atoms with Gasteiger partial charge in [-0.05, 0) is 30.7 Å². The minimum absolute atomic E-state index is 0.173. The zero-order valence-corrected chi connectivity index (χ0v) is 11.4. The van der Waals surface area contributed by atoms with Crippen molar-refractivity contribution in [3.8, 4) is 0 Å². The number of benzene rings is 1. The third-order valence-corrected chi connectivity index (χ3v) is 2.84. The number of aryl methyl sites for hydroxylation is 1. The molecule has 0 aliphatic carbocycles. The Balaban J connectivity index is 2.19. The number of aromatic nitrogens is 1. The lowest BCUT2D eigenvalue weighted by molar-refractivity contribution is 0.102. The number of para-hydroxylation sites is 1. The summed E-state index contributed by atoms with van der Waals surface area (Å²) in [7, 11) is 0. The fraction of sp³-hybridized carbons (Fsp3) is 0.200. The molecular weight excluding hydrogens is 260 g/mol. The smallest absolute Gasteiger partial charge is 0.255 e. The van der Waals surface area contributed by atoms with Crippen LogP contribution in [0.3, 0.4) is 0 Å². The van der Waals surface area contributed by atoms with E-state index in [1.165, 1.54) is 0 Å². The van der Waals surface area contributed by atoms with Gasteiger partial charge in [0.15, 0.2) is 0 Å². The van der Waals surface area contributed by atoms with E-state index in [9.17, 15) is 4.79 Å². The van der Waals surface area contributed by atoms with E-state index in [2.05, 4.69) is 17.2 Å². The molecule has 0 radical (unpaired) electrons. The lowest BCUT2D eigenvalue weighted by atomic mass is 10.1. The number of hydrogen-bond acceptors (Lipinski definition) is 2. The van der Waals surface area contributed by atoms with Gasteiger partial charge in [0.2, 0.25) is 0 Å². The van der Waals surface area contributed by atoms with E-state index in [4.69, 9.17) is 11.6 Å². The van der Waals surface area contributed by atoms with Gasteiger partial charge < -0.3 is 5.32 Å². The second kappa shape index (κ2) is 6.34. The number of pyridine rings is 1. The van der Waals surface area contributed by atoms with Gasteiger partial charge in [-0.25, -0.2) is 4.98 Å². The Morgan fingerprint density at radius 3 is 2.68 bits per heavy atom. The summed E-state index contributed by atoms with van der Waals surface area (Å²) in [6, 6.07) is 12.7. The Kier molecular flexibility index (Phi) is 4.53. The molecule has 0 aliphatic heterocycles. The van der Waals surface area contributed by atoms with Crippen molar-refractivity contribution in [2.24, 2.45) is 0 Å². The van der Waals surface area contributed by atoms with Gasteiger partial charge in [-0.2, -0.15) is 0 Å². The molecule has 4 heteroatoms. The highest BCUT2D eigenvalue weighted by Crippen LogP contribution is 2.14. The molecule has 0 atom stereocenters. The lowest BCUT2D eigenvalue weighted by Gasteiger charge is -2.07. The molecular formula is C15H15ClN2O. The minimum atomic E-state index is -0.173. The molecule has 0 saturated carbocycles. The Labute approximate surface area is 117 Å². The van der Waals surface area contributed by atoms with Gasteiger partial charge in [-0.3, -0.25) is 4.79 Å². The fourth-order valence-electron chi connectivity index (χ4n) is 1.79. The van der Waals surface area contributed by atoms with Gasteiger partial charge in [-0.1, -0.05) is 43.1 Å². The van der Waals surface area contributed by atoms with Crippen molar-refractivity contribution in [1.29, 1.82) is 0 Å². The highest BCUT2D eigenvalue weighted by molar-refractivity contribution is 6.29. The van der Waals surface area contributed by atoms with Crippen LogP contribution in [-0.2, 0) is 6.42 Å². The standard InChI is InChI=1S/C15H15ClN2O/c1-2-6-13-9-11(10-14(16)17-13)15(19)18-12-7-4-3-5-8-12/h3-5,7-10H,2,6H2,1H3,(H,18,19). The minimum Gasteiger partial charge on any atom is -0.322 e. The predicted molar refractivity (Wildman–Crippen MR) is 77.6 cm³/mol. The molecule has 3 nitrogen and oxygen atoms in total. The number of rotatable bonds is 4. The number of nitrogens with zero attached hydrogens (tertiary/aromatic N) is 1. The Morgan fingerprint density at radius 1 is 1.26 bits per heavy atom. The van der Waals surface area contributed by atoms with Crippen LogP contribution < -0.4 is 5.32 Å². The average Bonchev–Trinajstić information content (AvgIpc) is 2.39. The SMILES string of the molecule is CCCc1cc(C(=O)Nc2ccccc2)cc(Cl)n1. The molecule has 98 valence electrons. The van der Waals surface area contributed by atoms with Crippen LogP contribution in [0.5, 0.6) is 0 Å². The molecule has 0 aliphatic rings. The topological polar surface area (TPSA) is 42.0 Å². The highest BCUT2D eigenvalue weighted by Gasteiger charge is 2.09. The zero-order chi connectivity index (χ0) is 13.7. The summed E-state index contributed by atoms with van der Waals surface area (Å²) in [5, 5.41) is 3.18. The van der Waals surface area contributed by atoms with Crippen molar-refractivity contribution >= 4 is 23.2 Å². The Bertz CT molecular complexity index is 570. The maximum absolute atomic E-state index is 12.1. The Morgan fingerprint density at radius 2 is 2.00 bits per heavy atom. The fourth-order valence-corrected chi connectivity index (χ4v) is 2.02. The summed E-state index contributed by atoms with van der Waals surface area (Å²) in [6.45, 7) is 2.06. The number of amides is 1. The summed E-state index contributed by atoms with van der Waals surface area (Å²) < 4.78 is 0. The summed E-state index contributed by atoms with van der Waals surface area (Å²) in [6.07, 6.45) is 1.78. The van der Waals surface area contributed by atoms with Crippen molar-refractivity contribution in [2.45, 2.75) is 19.8 Å². The van der Waals surface area contributed by atoms with Gasteiger partial charge in [0.25, 0.3) is 5.91 Å². The van der Waals surface area contributed by atoms with Crippen molar-refractivity contribution in [1.82, 2.24) is 4.98 Å². The van der Waals surface area contributed by atoms with Gasteiger partial charge in [0.05, 0.1) is 0 Å². The monoisotopic (exact) mass is 274 g/mol. The first kappa shape index (κ1) is 13.6. The average molecular weight is 275 g/mol. The Hall–Kier alpha value is -1.87. The number of nitrogens with one attached hydrogen (secondary N) is 1. The molecule has 0 bridgehead atoms. The first-order chi connectivity index (χ1) is 9.19. The van der Waals surface area contributed by atoms with Crippen molar-refractivity contribution in [2.75, 3.05) is 5.32 Å². The van der Waals surface area contributed by atoms with Crippen LogP contribution in [-0.4, -0.2) is 10.9 Å². The molecule has 0 unspecified atom stereocenters. The van der Waals surface area contributed by atoms with Crippen LogP contribution in [0.25, 0.3) is 0 Å². The largest absolute Gasteiger partial charge is 0.322 e. The van der Waals surface area contributed by atoms with Crippen molar-refractivity contribution in [3.63, 3.8) is 0 Å². The highest BCUT2D eigenvalue weighted by atomic mass is 35.5. The molecule has 1 amide bonds. The molecule has 1 N–H and O–H groups in total. The van der Waals surface area contributed by atoms with E-state index in [1.54, 1.807) is 12.1 Å². The van der Waals surface area contributed by atoms with Crippen LogP contribution in [0.2, 0.25) is 5.15 Å². The number of hydrogen-bond donors (Lipinski definition) is 1. The van der Waals surface area contributed by atoms with Gasteiger partial charge in [-0.15, -0.1) is 0 Å². The van der Waals surface area contributed by atoms with E-state index in [-0.39, 0.29) is 5.91 Å². The number of carbonyl (C=O) groups is 1. The summed E-state index contributed by atoms with van der Waals surface area (Å²) in [5.74, 6) is -0.173. The maximum Gasteiger partial charge on any atom is 0.255 e. The van der Waals surface area contributed by atoms with Crippen LogP contribution in [0.4, 0.5) is 5.69 Å². The van der Waals surface area contributed by atoms with Crippen molar-refractivity contribution in [3.05, 3.63) is 58.9 Å². The number of anilines is 1. The first-order valence-electron chi connectivity index (χ1n) is 6.22. The van der Waals surface area contributed by atoms with E-state index in [0.717, 1.165) is 24.2 Å². The van der Waals surface area contributed by atoms with Crippen LogP contribution in [0, 0.1) is 0 Å². The molecule has 2 rings (SSSR count). The molecule has 2 aromatic rings. The van der Waals surface area contributed by atoms with E-state index in [1.807, 2.05) is 30.3 Å². The normalized spacial score (nSPS) is 10.2. The zero-order valence-electron chi connectivity index (χ0n) is 10.7. The molecule has 1 aromatic heterocycles. The second-order valence-corrected chi connectivity index (χ2v) is 4.63. The molecule has 1 heterocycles. The van der Waals surface area contributed by atoms with E-state index < -0.39 is 0 Å². The van der Waals surface area contributed by atoms with Gasteiger partial charge >= 0.3 is 0 Å². The second-order valence-electron chi connectivity index (χ2n) is 4.24. The predicted octanol–water partition coefficient (Wildman–Crippen LogP) is 3.94. The number of halogens is 1. The summed E-state index contributed by atoms with van der Waals surface area (Å²) in [4.78, 5) is 16.3.